The second-order valence-electron chi connectivity index (χ2n) is 4.32. The highest BCUT2D eigenvalue weighted by Gasteiger charge is 2.44. The van der Waals surface area contributed by atoms with Gasteiger partial charge in [0.25, 0.3) is 0 Å². The van der Waals surface area contributed by atoms with Crippen molar-refractivity contribution in [3.63, 3.8) is 0 Å². The van der Waals surface area contributed by atoms with Crippen LogP contribution < -0.4 is 5.73 Å². The summed E-state index contributed by atoms with van der Waals surface area (Å²) in [6.45, 7) is 1.92. The van der Waals surface area contributed by atoms with E-state index in [2.05, 4.69) is 22.6 Å². The van der Waals surface area contributed by atoms with Gasteiger partial charge < -0.3 is 5.73 Å². The predicted octanol–water partition coefficient (Wildman–Crippen LogP) is 2.35. The maximum absolute atomic E-state index is 12.6. The first kappa shape index (κ1) is 13.8. The molecule has 1 aromatic rings. The zero-order valence-electron chi connectivity index (χ0n) is 9.88. The van der Waals surface area contributed by atoms with E-state index in [1.165, 1.54) is 0 Å². The van der Waals surface area contributed by atoms with Gasteiger partial charge >= 0.3 is 0 Å². The SMILES string of the molecule is Cc1ccc(S(=O)(=O)C2(N)C=CC=CC2I)cc1. The minimum atomic E-state index is -3.60. The Morgan fingerprint density at radius 1 is 1.22 bits per heavy atom. The van der Waals surface area contributed by atoms with Gasteiger partial charge in [0.15, 0.2) is 4.87 Å². The van der Waals surface area contributed by atoms with E-state index in [9.17, 15) is 8.42 Å². The molecule has 1 aromatic carbocycles. The van der Waals surface area contributed by atoms with Crippen molar-refractivity contribution in [1.29, 1.82) is 0 Å². The van der Waals surface area contributed by atoms with E-state index in [1.807, 2.05) is 13.0 Å². The molecule has 0 aromatic heterocycles. The van der Waals surface area contributed by atoms with E-state index < -0.39 is 14.7 Å². The number of aryl methyl sites for hydroxylation is 1. The van der Waals surface area contributed by atoms with Crippen LogP contribution in [-0.4, -0.2) is 17.2 Å². The van der Waals surface area contributed by atoms with E-state index in [1.54, 1.807) is 42.5 Å². The number of alkyl halides is 1. The highest BCUT2D eigenvalue weighted by molar-refractivity contribution is 14.1. The normalized spacial score (nSPS) is 27.4. The lowest BCUT2D eigenvalue weighted by Gasteiger charge is -2.31. The number of halogens is 1. The molecule has 0 amide bonds. The summed E-state index contributed by atoms with van der Waals surface area (Å²) in [5.74, 6) is 0. The van der Waals surface area contributed by atoms with Crippen LogP contribution in [0.2, 0.25) is 0 Å². The highest BCUT2D eigenvalue weighted by atomic mass is 127. The summed E-state index contributed by atoms with van der Waals surface area (Å²) < 4.78 is 24.9. The van der Waals surface area contributed by atoms with Gasteiger partial charge in [-0.05, 0) is 25.1 Å². The number of hydrogen-bond acceptors (Lipinski definition) is 3. The van der Waals surface area contributed by atoms with Crippen LogP contribution in [0.25, 0.3) is 0 Å². The van der Waals surface area contributed by atoms with Crippen molar-refractivity contribution in [2.45, 2.75) is 20.6 Å². The van der Waals surface area contributed by atoms with Crippen LogP contribution in [0.3, 0.4) is 0 Å². The first-order valence-electron chi connectivity index (χ1n) is 5.48. The number of sulfone groups is 1. The summed E-state index contributed by atoms with van der Waals surface area (Å²) in [4.78, 5) is -1.12. The molecule has 0 heterocycles. The molecule has 2 unspecified atom stereocenters. The first-order valence-corrected chi connectivity index (χ1v) is 8.21. The minimum Gasteiger partial charge on any atom is -0.308 e. The summed E-state index contributed by atoms with van der Waals surface area (Å²) >= 11 is 2.05. The maximum atomic E-state index is 12.6. The van der Waals surface area contributed by atoms with Crippen molar-refractivity contribution in [3.8, 4) is 0 Å². The van der Waals surface area contributed by atoms with Gasteiger partial charge in [0.1, 0.15) is 0 Å². The molecule has 2 N–H and O–H groups in total. The molecule has 0 spiro atoms. The first-order chi connectivity index (χ1) is 8.38. The standard InChI is InChI=1S/C13H14INO2S/c1-10-5-7-11(8-6-10)18(16,17)13(15)9-3-2-4-12(13)14/h2-9,12H,15H2,1H3. The molecule has 0 saturated heterocycles. The zero-order chi connectivity index (χ0) is 13.4. The summed E-state index contributed by atoms with van der Waals surface area (Å²) in [6, 6.07) is 6.77. The summed E-state index contributed by atoms with van der Waals surface area (Å²) in [5, 5.41) is 0. The molecule has 96 valence electrons. The molecule has 18 heavy (non-hydrogen) atoms. The Morgan fingerprint density at radius 2 is 1.83 bits per heavy atom. The van der Waals surface area contributed by atoms with E-state index in [0.717, 1.165) is 5.56 Å². The molecule has 2 atom stereocenters. The molecule has 0 aliphatic heterocycles. The van der Waals surface area contributed by atoms with Gasteiger partial charge in [-0.25, -0.2) is 8.42 Å². The Bertz CT molecular complexity index is 604. The summed E-state index contributed by atoms with van der Waals surface area (Å²) in [6.07, 6.45) is 6.85. The fraction of sp³-hybridized carbons (Fsp3) is 0.231. The molecule has 0 fully saturated rings. The highest BCUT2D eigenvalue weighted by Crippen LogP contribution is 2.33. The van der Waals surface area contributed by atoms with Crippen molar-refractivity contribution < 1.29 is 8.42 Å². The fourth-order valence-corrected chi connectivity index (χ4v) is 4.76. The number of hydrogen-bond donors (Lipinski definition) is 1. The molecule has 2 rings (SSSR count). The quantitative estimate of drug-likeness (QED) is 0.638. The Balaban J connectivity index is 2.52. The zero-order valence-corrected chi connectivity index (χ0v) is 12.9. The van der Waals surface area contributed by atoms with Crippen LogP contribution in [0.5, 0.6) is 0 Å². The van der Waals surface area contributed by atoms with Crippen LogP contribution in [0.1, 0.15) is 5.56 Å². The third-order valence-corrected chi connectivity index (χ3v) is 7.06. The average molecular weight is 375 g/mol. The van der Waals surface area contributed by atoms with E-state index in [0.29, 0.717) is 0 Å². The van der Waals surface area contributed by atoms with E-state index in [-0.39, 0.29) is 8.82 Å². The predicted molar refractivity (Wildman–Crippen MR) is 81.4 cm³/mol. The van der Waals surface area contributed by atoms with Crippen molar-refractivity contribution >= 4 is 32.4 Å². The van der Waals surface area contributed by atoms with Gasteiger partial charge in [0.05, 0.1) is 8.82 Å². The van der Waals surface area contributed by atoms with Crippen molar-refractivity contribution in [2.24, 2.45) is 5.73 Å². The van der Waals surface area contributed by atoms with Gasteiger partial charge in [-0.3, -0.25) is 0 Å². The van der Waals surface area contributed by atoms with Crippen molar-refractivity contribution in [3.05, 3.63) is 54.1 Å². The number of benzene rings is 1. The second-order valence-corrected chi connectivity index (χ2v) is 7.84. The third-order valence-electron chi connectivity index (χ3n) is 2.98. The van der Waals surface area contributed by atoms with E-state index >= 15 is 0 Å². The van der Waals surface area contributed by atoms with Gasteiger partial charge in [0, 0.05) is 0 Å². The molecule has 1 aliphatic carbocycles. The van der Waals surface area contributed by atoms with Crippen LogP contribution in [-0.2, 0) is 9.84 Å². The van der Waals surface area contributed by atoms with Crippen LogP contribution in [0, 0.1) is 6.92 Å². The Morgan fingerprint density at radius 3 is 2.39 bits per heavy atom. The smallest absolute Gasteiger partial charge is 0.201 e. The maximum Gasteiger partial charge on any atom is 0.201 e. The van der Waals surface area contributed by atoms with E-state index in [4.69, 9.17) is 5.73 Å². The van der Waals surface area contributed by atoms with Crippen LogP contribution >= 0.6 is 22.6 Å². The third kappa shape index (κ3) is 2.15. The molecule has 0 saturated carbocycles. The second kappa shape index (κ2) is 4.79. The Hall–Kier alpha value is -0.660. The fourth-order valence-electron chi connectivity index (χ4n) is 1.77. The summed E-state index contributed by atoms with van der Waals surface area (Å²) in [5.41, 5.74) is 7.14. The summed E-state index contributed by atoms with van der Waals surface area (Å²) in [7, 11) is -3.60. The van der Waals surface area contributed by atoms with Crippen molar-refractivity contribution in [2.75, 3.05) is 0 Å². The topological polar surface area (TPSA) is 60.2 Å². The molecule has 5 heteroatoms. The molecular formula is C13H14INO2S. The molecule has 0 radical (unpaired) electrons. The Kier molecular flexibility index (Phi) is 3.66. The molecule has 3 nitrogen and oxygen atoms in total. The largest absolute Gasteiger partial charge is 0.308 e. The van der Waals surface area contributed by atoms with Gasteiger partial charge in [-0.2, -0.15) is 0 Å². The van der Waals surface area contributed by atoms with Gasteiger partial charge in [-0.15, -0.1) is 0 Å². The molecule has 1 aliphatic rings. The van der Waals surface area contributed by atoms with Crippen LogP contribution in [0.4, 0.5) is 0 Å². The lowest BCUT2D eigenvalue weighted by Crippen LogP contribution is -2.53. The van der Waals surface area contributed by atoms with Gasteiger partial charge in [-0.1, -0.05) is 58.5 Å². The number of rotatable bonds is 2. The van der Waals surface area contributed by atoms with Gasteiger partial charge in [0.2, 0.25) is 9.84 Å². The van der Waals surface area contributed by atoms with Crippen LogP contribution in [0.15, 0.2) is 53.5 Å². The lowest BCUT2D eigenvalue weighted by atomic mass is 10.1. The number of nitrogens with two attached hydrogens (primary N) is 1. The lowest BCUT2D eigenvalue weighted by molar-refractivity contribution is 0.561. The van der Waals surface area contributed by atoms with Crippen molar-refractivity contribution in [1.82, 2.24) is 0 Å². The molecule has 0 bridgehead atoms. The average Bonchev–Trinajstić information content (AvgIpc) is 2.33. The number of allylic oxidation sites excluding steroid dienone is 2. The molecular weight excluding hydrogens is 361 g/mol. The Labute approximate surface area is 121 Å². The monoisotopic (exact) mass is 375 g/mol. The minimum absolute atomic E-state index is 0.261.